The Morgan fingerprint density at radius 2 is 0.642 bits per heavy atom. The van der Waals surface area contributed by atoms with Gasteiger partial charge in [0.15, 0.2) is 0 Å². The number of allylic oxidation sites excluding steroid dienone is 6. The number of rotatable bonds is 69. The van der Waals surface area contributed by atoms with Gasteiger partial charge in [0.25, 0.3) is 0 Å². The lowest BCUT2D eigenvalue weighted by Crippen LogP contribution is -2.45. The zero-order valence-corrected chi connectivity index (χ0v) is 54.8. The van der Waals surface area contributed by atoms with Crippen LogP contribution in [0.4, 0.5) is 0 Å². The molecule has 0 spiro atoms. The van der Waals surface area contributed by atoms with Gasteiger partial charge in [0.2, 0.25) is 5.91 Å². The molecule has 0 rings (SSSR count). The second kappa shape index (κ2) is 70.6. The monoisotopic (exact) mass is 1140 g/mol. The third kappa shape index (κ3) is 67.1. The molecule has 0 aromatic carbocycles. The molecule has 81 heavy (non-hydrogen) atoms. The lowest BCUT2D eigenvalue weighted by Gasteiger charge is -2.22. The van der Waals surface area contributed by atoms with Crippen molar-refractivity contribution in [3.63, 3.8) is 0 Å². The van der Waals surface area contributed by atoms with Gasteiger partial charge >= 0.3 is 5.97 Å². The lowest BCUT2D eigenvalue weighted by atomic mass is 10.0. The van der Waals surface area contributed by atoms with E-state index < -0.39 is 12.1 Å². The first-order chi connectivity index (χ1) is 40.0. The Balaban J connectivity index is 3.34. The van der Waals surface area contributed by atoms with E-state index in [1.807, 2.05) is 0 Å². The summed E-state index contributed by atoms with van der Waals surface area (Å²) in [6.07, 6.45) is 90.7. The van der Waals surface area contributed by atoms with Crippen molar-refractivity contribution < 1.29 is 24.5 Å². The molecule has 0 heterocycles. The summed E-state index contributed by atoms with van der Waals surface area (Å²) in [5.41, 5.74) is 0. The molecule has 6 heteroatoms. The zero-order valence-electron chi connectivity index (χ0n) is 54.8. The van der Waals surface area contributed by atoms with Crippen molar-refractivity contribution in [3.8, 4) is 0 Å². The Labute approximate surface area is 506 Å². The van der Waals surface area contributed by atoms with Crippen LogP contribution in [0, 0.1) is 0 Å². The molecule has 0 saturated heterocycles. The van der Waals surface area contributed by atoms with Crippen molar-refractivity contribution in [3.05, 3.63) is 36.5 Å². The molecular weight excluding hydrogens is 995 g/mol. The Hall–Kier alpha value is -1.92. The molecular formula is C75H143NO5. The second-order valence-corrected chi connectivity index (χ2v) is 25.3. The van der Waals surface area contributed by atoms with Gasteiger partial charge in [0, 0.05) is 12.8 Å². The minimum atomic E-state index is -0.662. The van der Waals surface area contributed by atoms with E-state index in [0.29, 0.717) is 25.9 Å². The molecule has 0 aliphatic heterocycles. The minimum absolute atomic E-state index is 0.00510. The third-order valence-corrected chi connectivity index (χ3v) is 17.1. The molecule has 0 bridgehead atoms. The fraction of sp³-hybridized carbons (Fsp3) is 0.893. The lowest BCUT2D eigenvalue weighted by molar-refractivity contribution is -0.143. The van der Waals surface area contributed by atoms with Crippen molar-refractivity contribution in [2.75, 3.05) is 13.2 Å². The van der Waals surface area contributed by atoms with E-state index in [2.05, 4.69) is 55.6 Å². The predicted molar refractivity (Wildman–Crippen MR) is 356 cm³/mol. The maximum Gasteiger partial charge on any atom is 0.305 e. The average molecular weight is 1140 g/mol. The number of aliphatic hydroxyl groups is 2. The number of hydrogen-bond donors (Lipinski definition) is 3. The van der Waals surface area contributed by atoms with Crippen LogP contribution in [0.25, 0.3) is 0 Å². The maximum atomic E-state index is 12.5. The summed E-state index contributed by atoms with van der Waals surface area (Å²) in [6, 6.07) is -0.539. The highest BCUT2D eigenvalue weighted by atomic mass is 16.5. The quantitative estimate of drug-likeness (QED) is 0.0320. The van der Waals surface area contributed by atoms with Gasteiger partial charge in [-0.25, -0.2) is 0 Å². The Morgan fingerprint density at radius 3 is 1.00 bits per heavy atom. The van der Waals surface area contributed by atoms with Crippen LogP contribution in [0.15, 0.2) is 36.5 Å². The highest BCUT2D eigenvalue weighted by Gasteiger charge is 2.20. The molecule has 2 unspecified atom stereocenters. The fourth-order valence-corrected chi connectivity index (χ4v) is 11.6. The van der Waals surface area contributed by atoms with Crippen LogP contribution in [-0.2, 0) is 14.3 Å². The average Bonchev–Trinajstić information content (AvgIpc) is 3.47. The summed E-state index contributed by atoms with van der Waals surface area (Å²) in [6.45, 7) is 4.92. The molecule has 6 nitrogen and oxygen atoms in total. The van der Waals surface area contributed by atoms with Gasteiger partial charge in [-0.15, -0.1) is 0 Å². The van der Waals surface area contributed by atoms with Gasteiger partial charge in [0.05, 0.1) is 25.4 Å². The van der Waals surface area contributed by atoms with Crippen molar-refractivity contribution in [2.45, 2.75) is 418 Å². The number of amides is 1. The van der Waals surface area contributed by atoms with E-state index in [1.165, 1.54) is 321 Å². The maximum absolute atomic E-state index is 12.5. The van der Waals surface area contributed by atoms with Crippen LogP contribution in [-0.4, -0.2) is 47.4 Å². The van der Waals surface area contributed by atoms with E-state index in [4.69, 9.17) is 4.74 Å². The normalized spacial score (nSPS) is 12.7. The number of esters is 1. The van der Waals surface area contributed by atoms with Gasteiger partial charge in [-0.05, 0) is 77.0 Å². The highest BCUT2D eigenvalue weighted by molar-refractivity contribution is 5.76. The van der Waals surface area contributed by atoms with E-state index in [9.17, 15) is 19.8 Å². The highest BCUT2D eigenvalue weighted by Crippen LogP contribution is 2.19. The third-order valence-electron chi connectivity index (χ3n) is 17.1. The number of hydrogen-bond acceptors (Lipinski definition) is 5. The molecule has 0 aromatic rings. The topological polar surface area (TPSA) is 95.9 Å². The number of aliphatic hydroxyl groups excluding tert-OH is 2. The van der Waals surface area contributed by atoms with Gasteiger partial charge < -0.3 is 20.3 Å². The summed E-state index contributed by atoms with van der Waals surface area (Å²) >= 11 is 0. The summed E-state index contributed by atoms with van der Waals surface area (Å²) in [7, 11) is 0. The van der Waals surface area contributed by atoms with Crippen molar-refractivity contribution >= 4 is 11.9 Å². The summed E-state index contributed by atoms with van der Waals surface area (Å²) < 4.78 is 5.48. The fourth-order valence-electron chi connectivity index (χ4n) is 11.6. The largest absolute Gasteiger partial charge is 0.466 e. The smallest absolute Gasteiger partial charge is 0.305 e. The molecule has 2 atom stereocenters. The second-order valence-electron chi connectivity index (χ2n) is 25.3. The first-order valence-electron chi connectivity index (χ1n) is 36.7. The molecule has 0 radical (unpaired) electrons. The van der Waals surface area contributed by atoms with Crippen molar-refractivity contribution in [2.24, 2.45) is 0 Å². The van der Waals surface area contributed by atoms with E-state index in [0.717, 1.165) is 51.4 Å². The molecule has 3 N–H and O–H groups in total. The standard InChI is InChI=1S/C75H143NO5/c1-3-5-7-9-11-13-15-17-18-40-44-47-51-55-59-63-67-73(78)72(71-77)76-74(79)68-64-60-56-52-48-45-41-38-36-34-32-30-28-26-24-22-20-19-21-23-25-27-29-31-33-35-37-39-42-46-50-54-58-62-66-70-81-75(80)69-65-61-57-53-49-43-16-14-12-10-8-6-4-2/h8,10,14,16,21,23,72-73,77-78H,3-7,9,11-13,15,17-20,22,24-71H2,1-2H3,(H,76,79)/b10-8-,16-14-,23-21-. The van der Waals surface area contributed by atoms with Crippen LogP contribution in [0.5, 0.6) is 0 Å². The van der Waals surface area contributed by atoms with E-state index >= 15 is 0 Å². The van der Waals surface area contributed by atoms with E-state index in [1.54, 1.807) is 0 Å². The number of nitrogens with one attached hydrogen (secondary N) is 1. The van der Waals surface area contributed by atoms with Crippen LogP contribution >= 0.6 is 0 Å². The van der Waals surface area contributed by atoms with Crippen LogP contribution in [0.3, 0.4) is 0 Å². The van der Waals surface area contributed by atoms with Gasteiger partial charge in [0.1, 0.15) is 0 Å². The Kier molecular flexibility index (Phi) is 68.9. The number of ether oxygens (including phenoxy) is 1. The molecule has 478 valence electrons. The first kappa shape index (κ1) is 79.1. The Morgan fingerprint density at radius 1 is 0.346 bits per heavy atom. The Bertz CT molecular complexity index is 1310. The van der Waals surface area contributed by atoms with Crippen molar-refractivity contribution in [1.29, 1.82) is 0 Å². The van der Waals surface area contributed by atoms with E-state index in [-0.39, 0.29) is 18.5 Å². The number of unbranched alkanes of at least 4 members (excludes halogenated alkanes) is 52. The molecule has 1 amide bonds. The zero-order chi connectivity index (χ0) is 58.5. The summed E-state index contributed by atoms with van der Waals surface area (Å²) in [5.74, 6) is -0.0231. The molecule has 0 saturated carbocycles. The molecule has 0 aliphatic carbocycles. The molecule has 0 aromatic heterocycles. The molecule has 0 aliphatic rings. The van der Waals surface area contributed by atoms with Crippen LogP contribution < -0.4 is 5.32 Å². The summed E-state index contributed by atoms with van der Waals surface area (Å²) in [4.78, 5) is 24.6. The SMILES string of the molecule is CCC/C=C\C/C=C\CCCCCCCC(=O)OCCCCCCCCCCCCCCCC/C=C\CCCCCCCCCCCCCCCCCCCC(=O)NC(CO)C(O)CCCCCCCCCCCCCCCCCC. The number of carbonyl (C=O) groups excluding carboxylic acids is 2. The van der Waals surface area contributed by atoms with Crippen molar-refractivity contribution in [1.82, 2.24) is 5.32 Å². The van der Waals surface area contributed by atoms with Gasteiger partial charge in [-0.3, -0.25) is 9.59 Å². The molecule has 0 fully saturated rings. The first-order valence-corrected chi connectivity index (χ1v) is 36.7. The van der Waals surface area contributed by atoms with Crippen LogP contribution in [0.2, 0.25) is 0 Å². The minimum Gasteiger partial charge on any atom is -0.466 e. The van der Waals surface area contributed by atoms with Gasteiger partial charge in [-0.2, -0.15) is 0 Å². The predicted octanol–water partition coefficient (Wildman–Crippen LogP) is 23.9. The number of carbonyl (C=O) groups is 2. The van der Waals surface area contributed by atoms with Gasteiger partial charge in [-0.1, -0.05) is 352 Å². The summed E-state index contributed by atoms with van der Waals surface area (Å²) in [5, 5.41) is 23.4. The van der Waals surface area contributed by atoms with Crippen LogP contribution in [0.1, 0.15) is 406 Å².